The number of likely N-dealkylation sites (tertiary alicyclic amines) is 2. The fourth-order valence-corrected chi connectivity index (χ4v) is 5.09. The number of carbonyl (C=O) groups excluding carboxylic acids is 2. The lowest BCUT2D eigenvalue weighted by molar-refractivity contribution is -0.152. The van der Waals surface area contributed by atoms with E-state index in [-0.39, 0.29) is 22.8 Å². The minimum absolute atomic E-state index is 0.0386. The molecule has 34 heavy (non-hydrogen) atoms. The Kier molecular flexibility index (Phi) is 5.31. The van der Waals surface area contributed by atoms with E-state index in [9.17, 15) is 14.4 Å². The van der Waals surface area contributed by atoms with Crippen LogP contribution in [0.2, 0.25) is 0 Å². The summed E-state index contributed by atoms with van der Waals surface area (Å²) in [5, 5.41) is 0.784. The fourth-order valence-electron chi connectivity index (χ4n) is 5.09. The molecule has 2 fully saturated rings. The number of ether oxygens (including phenoxy) is 1. The maximum Gasteiger partial charge on any atom is 0.275 e. The summed E-state index contributed by atoms with van der Waals surface area (Å²) >= 11 is 0. The summed E-state index contributed by atoms with van der Waals surface area (Å²) in [7, 11) is 1.60. The minimum atomic E-state index is -0.0981. The molecular formula is C26H28N4O4. The van der Waals surface area contributed by atoms with Crippen molar-refractivity contribution >= 4 is 22.7 Å². The number of methoxy groups -OCH3 is 1. The quantitative estimate of drug-likeness (QED) is 0.593. The molecule has 2 saturated heterocycles. The van der Waals surface area contributed by atoms with E-state index in [0.29, 0.717) is 36.5 Å². The van der Waals surface area contributed by atoms with E-state index < -0.39 is 0 Å². The average Bonchev–Trinajstić information content (AvgIpc) is 3.26. The van der Waals surface area contributed by atoms with Gasteiger partial charge in [0, 0.05) is 79.5 Å². The number of allylic oxidation sites excluding steroid dienone is 2. The van der Waals surface area contributed by atoms with Crippen molar-refractivity contribution in [2.75, 3.05) is 33.3 Å². The molecule has 1 aromatic carbocycles. The van der Waals surface area contributed by atoms with Gasteiger partial charge in [0.25, 0.3) is 11.5 Å². The van der Waals surface area contributed by atoms with Gasteiger partial charge >= 0.3 is 0 Å². The first kappa shape index (κ1) is 22.0. The molecule has 0 atom stereocenters. The molecule has 3 aromatic rings. The van der Waals surface area contributed by atoms with Crippen molar-refractivity contribution in [2.24, 2.45) is 5.41 Å². The number of aromatic nitrogens is 2. The summed E-state index contributed by atoms with van der Waals surface area (Å²) in [6.07, 6.45) is 7.40. The van der Waals surface area contributed by atoms with Crippen molar-refractivity contribution in [3.63, 3.8) is 0 Å². The number of nitrogens with one attached hydrogen (secondary N) is 1. The minimum Gasteiger partial charge on any atom is -0.496 e. The van der Waals surface area contributed by atoms with Crippen LogP contribution in [0.1, 0.15) is 24.2 Å². The Morgan fingerprint density at radius 2 is 1.85 bits per heavy atom. The maximum atomic E-state index is 13.3. The van der Waals surface area contributed by atoms with E-state index in [1.165, 1.54) is 0 Å². The van der Waals surface area contributed by atoms with Gasteiger partial charge in [0.2, 0.25) is 5.91 Å². The second kappa shape index (κ2) is 8.20. The van der Waals surface area contributed by atoms with Crippen LogP contribution >= 0.6 is 0 Å². The molecule has 2 aromatic heterocycles. The number of benzene rings is 1. The van der Waals surface area contributed by atoms with E-state index in [1.54, 1.807) is 36.9 Å². The molecule has 2 aliphatic rings. The molecule has 8 nitrogen and oxygen atoms in total. The average molecular weight is 461 g/mol. The number of hydrogen-bond acceptors (Lipinski definition) is 4. The molecule has 1 spiro atoms. The summed E-state index contributed by atoms with van der Waals surface area (Å²) in [5.41, 5.74) is 2.63. The first-order valence-corrected chi connectivity index (χ1v) is 11.4. The molecule has 0 radical (unpaired) electrons. The summed E-state index contributed by atoms with van der Waals surface area (Å²) in [6, 6.07) is 7.30. The molecule has 0 aliphatic carbocycles. The van der Waals surface area contributed by atoms with Crippen molar-refractivity contribution in [2.45, 2.75) is 20.4 Å². The van der Waals surface area contributed by atoms with Crippen LogP contribution in [0.5, 0.6) is 5.75 Å². The highest BCUT2D eigenvalue weighted by molar-refractivity contribution is 6.00. The van der Waals surface area contributed by atoms with Crippen molar-refractivity contribution in [3.05, 3.63) is 64.7 Å². The molecule has 0 saturated carbocycles. The lowest BCUT2D eigenvalue weighted by Crippen LogP contribution is -2.73. The highest BCUT2D eigenvalue weighted by Crippen LogP contribution is 2.41. The topological polar surface area (TPSA) is 87.6 Å². The van der Waals surface area contributed by atoms with Crippen LogP contribution in [0.25, 0.3) is 22.0 Å². The van der Waals surface area contributed by atoms with Gasteiger partial charge in [-0.1, -0.05) is 12.2 Å². The lowest BCUT2D eigenvalue weighted by Gasteiger charge is -2.60. The molecule has 1 N–H and O–H groups in total. The predicted octanol–water partition coefficient (Wildman–Crippen LogP) is 2.89. The number of rotatable bonds is 5. The molecule has 0 unspecified atom stereocenters. The highest BCUT2D eigenvalue weighted by atomic mass is 16.5. The number of pyridine rings is 1. The van der Waals surface area contributed by atoms with Gasteiger partial charge in [0.05, 0.1) is 7.11 Å². The van der Waals surface area contributed by atoms with Gasteiger partial charge in [0.15, 0.2) is 0 Å². The number of carbonyl (C=O) groups is 2. The zero-order chi connectivity index (χ0) is 24.0. The molecule has 0 bridgehead atoms. The van der Waals surface area contributed by atoms with Crippen LogP contribution in [0, 0.1) is 5.41 Å². The third-order valence-corrected chi connectivity index (χ3v) is 6.91. The summed E-state index contributed by atoms with van der Waals surface area (Å²) in [6.45, 7) is 6.71. The van der Waals surface area contributed by atoms with E-state index in [0.717, 1.165) is 29.6 Å². The normalized spacial score (nSPS) is 16.7. The standard InChI is InChI=1S/C26H28N4O4/c1-4-5-10-28-12-21(19-8-9-27-23(19)25(28)33)20-11-18(6-7-22(20)34-3)24(32)30-15-26(16-30)13-29(14-26)17(2)31/h4-9,11-12,27H,10,13-16H2,1-3H3. The summed E-state index contributed by atoms with van der Waals surface area (Å²) in [4.78, 5) is 44.4. The Bertz CT molecular complexity index is 1370. The van der Waals surface area contributed by atoms with E-state index in [4.69, 9.17) is 4.74 Å². The van der Waals surface area contributed by atoms with Crippen LogP contribution in [-0.4, -0.2) is 64.5 Å². The van der Waals surface area contributed by atoms with E-state index >= 15 is 0 Å². The largest absolute Gasteiger partial charge is 0.496 e. The van der Waals surface area contributed by atoms with Gasteiger partial charge in [-0.3, -0.25) is 14.4 Å². The number of fused-ring (bicyclic) bond motifs is 1. The number of amides is 2. The Hall–Kier alpha value is -3.81. The van der Waals surface area contributed by atoms with Crippen molar-refractivity contribution < 1.29 is 14.3 Å². The van der Waals surface area contributed by atoms with Gasteiger partial charge < -0.3 is 24.1 Å². The van der Waals surface area contributed by atoms with Gasteiger partial charge in [-0.05, 0) is 31.2 Å². The van der Waals surface area contributed by atoms with Gasteiger partial charge in [-0.2, -0.15) is 0 Å². The Morgan fingerprint density at radius 1 is 1.12 bits per heavy atom. The maximum absolute atomic E-state index is 13.3. The number of hydrogen-bond donors (Lipinski definition) is 1. The number of H-pyrrole nitrogens is 1. The molecule has 5 rings (SSSR count). The van der Waals surface area contributed by atoms with Gasteiger partial charge in [-0.15, -0.1) is 0 Å². The first-order valence-electron chi connectivity index (χ1n) is 11.4. The van der Waals surface area contributed by atoms with Crippen molar-refractivity contribution in [1.82, 2.24) is 19.4 Å². The second-order valence-electron chi connectivity index (χ2n) is 9.29. The lowest BCUT2D eigenvalue weighted by atomic mass is 9.72. The highest BCUT2D eigenvalue weighted by Gasteiger charge is 2.53. The Morgan fingerprint density at radius 3 is 2.53 bits per heavy atom. The monoisotopic (exact) mass is 460 g/mol. The zero-order valence-electron chi connectivity index (χ0n) is 19.6. The van der Waals surface area contributed by atoms with Gasteiger partial charge in [-0.25, -0.2) is 0 Å². The smallest absolute Gasteiger partial charge is 0.275 e. The van der Waals surface area contributed by atoms with Crippen LogP contribution in [-0.2, 0) is 11.3 Å². The van der Waals surface area contributed by atoms with E-state index in [2.05, 4.69) is 4.98 Å². The zero-order valence-corrected chi connectivity index (χ0v) is 19.6. The molecule has 2 aliphatic heterocycles. The molecular weight excluding hydrogens is 432 g/mol. The summed E-state index contributed by atoms with van der Waals surface area (Å²) < 4.78 is 7.28. The molecule has 8 heteroatoms. The fraction of sp³-hybridized carbons (Fsp3) is 0.346. The summed E-state index contributed by atoms with van der Waals surface area (Å²) in [5.74, 6) is 0.678. The first-order chi connectivity index (χ1) is 16.4. The molecule has 2 amide bonds. The second-order valence-corrected chi connectivity index (χ2v) is 9.29. The molecule has 4 heterocycles. The van der Waals surface area contributed by atoms with Crippen LogP contribution in [0.15, 0.2) is 53.6 Å². The Balaban J connectivity index is 1.48. The van der Waals surface area contributed by atoms with E-state index in [1.807, 2.05) is 47.2 Å². The predicted molar refractivity (Wildman–Crippen MR) is 130 cm³/mol. The van der Waals surface area contributed by atoms with Crippen molar-refractivity contribution in [1.29, 1.82) is 0 Å². The molecule has 176 valence electrons. The third kappa shape index (κ3) is 3.50. The van der Waals surface area contributed by atoms with Crippen LogP contribution in [0.3, 0.4) is 0 Å². The SMILES string of the molecule is CC=CCn1cc(-c2cc(C(=O)N3CC4(CN(C(C)=O)C4)C3)ccc2OC)c2cc[nH]c2c1=O. The van der Waals surface area contributed by atoms with Crippen molar-refractivity contribution in [3.8, 4) is 16.9 Å². The number of aromatic amines is 1. The Labute approximate surface area is 197 Å². The van der Waals surface area contributed by atoms with Crippen LogP contribution in [0.4, 0.5) is 0 Å². The van der Waals surface area contributed by atoms with Gasteiger partial charge in [0.1, 0.15) is 11.3 Å². The van der Waals surface area contributed by atoms with Crippen LogP contribution < -0.4 is 10.3 Å². The third-order valence-electron chi connectivity index (χ3n) is 6.91. The number of nitrogens with zero attached hydrogens (tertiary/aromatic N) is 3.